The predicted octanol–water partition coefficient (Wildman–Crippen LogP) is 2.59. The van der Waals surface area contributed by atoms with Gasteiger partial charge in [-0.1, -0.05) is 30.3 Å². The minimum Gasteiger partial charge on any atom is -0.353 e. The molecule has 1 aliphatic heterocycles. The summed E-state index contributed by atoms with van der Waals surface area (Å²) in [5.74, 6) is 0.967. The molecule has 1 saturated heterocycles. The third-order valence-corrected chi connectivity index (χ3v) is 4.39. The molecule has 0 bridgehead atoms. The third-order valence-electron chi connectivity index (χ3n) is 4.39. The summed E-state index contributed by atoms with van der Waals surface area (Å²) in [6.45, 7) is 2.94. The van der Waals surface area contributed by atoms with E-state index in [1.807, 2.05) is 53.4 Å². The van der Waals surface area contributed by atoms with Crippen molar-refractivity contribution >= 4 is 22.5 Å². The number of aromatic nitrogens is 2. The van der Waals surface area contributed by atoms with Crippen molar-refractivity contribution in [1.29, 1.82) is 0 Å². The van der Waals surface area contributed by atoms with Gasteiger partial charge in [-0.3, -0.25) is 9.78 Å². The standard InChI is InChI=1S/C19H18N4O/c24-19(17-13-15-5-1-2-6-16(15)14-21-17)23-11-9-22(10-12-23)18-7-3-4-8-20-18/h1-8,13-14H,9-12H2. The van der Waals surface area contributed by atoms with E-state index in [0.717, 1.165) is 29.7 Å². The van der Waals surface area contributed by atoms with Gasteiger partial charge in [0.2, 0.25) is 0 Å². The second kappa shape index (κ2) is 6.28. The van der Waals surface area contributed by atoms with E-state index < -0.39 is 0 Å². The molecule has 0 unspecified atom stereocenters. The Kier molecular flexibility index (Phi) is 3.83. The van der Waals surface area contributed by atoms with E-state index in [1.165, 1.54) is 0 Å². The topological polar surface area (TPSA) is 49.3 Å². The Labute approximate surface area is 140 Å². The van der Waals surface area contributed by atoms with E-state index in [1.54, 1.807) is 12.4 Å². The van der Waals surface area contributed by atoms with Gasteiger partial charge in [0, 0.05) is 44.0 Å². The smallest absolute Gasteiger partial charge is 0.272 e. The maximum atomic E-state index is 12.7. The van der Waals surface area contributed by atoms with Crippen molar-refractivity contribution < 1.29 is 4.79 Å². The Bertz CT molecular complexity index is 857. The number of benzene rings is 1. The fourth-order valence-corrected chi connectivity index (χ4v) is 3.04. The highest BCUT2D eigenvalue weighted by atomic mass is 16.2. The molecule has 1 amide bonds. The number of piperazine rings is 1. The lowest BCUT2D eigenvalue weighted by Gasteiger charge is -2.35. The summed E-state index contributed by atoms with van der Waals surface area (Å²) in [5, 5.41) is 2.09. The summed E-state index contributed by atoms with van der Waals surface area (Å²) >= 11 is 0. The Hall–Kier alpha value is -2.95. The molecule has 0 radical (unpaired) electrons. The fraction of sp³-hybridized carbons (Fsp3) is 0.211. The van der Waals surface area contributed by atoms with Crippen LogP contribution < -0.4 is 4.90 Å². The number of amides is 1. The molecular weight excluding hydrogens is 300 g/mol. The summed E-state index contributed by atoms with van der Waals surface area (Å²) < 4.78 is 0. The minimum atomic E-state index is 0.00132. The molecule has 0 N–H and O–H groups in total. The van der Waals surface area contributed by atoms with Crippen LogP contribution in [0.3, 0.4) is 0 Å². The van der Waals surface area contributed by atoms with Crippen LogP contribution in [0.4, 0.5) is 5.82 Å². The SMILES string of the molecule is O=C(c1cc2ccccc2cn1)N1CCN(c2ccccn2)CC1. The predicted molar refractivity (Wildman–Crippen MR) is 94.1 cm³/mol. The van der Waals surface area contributed by atoms with Gasteiger partial charge in [-0.05, 0) is 23.6 Å². The van der Waals surface area contributed by atoms with E-state index in [-0.39, 0.29) is 5.91 Å². The van der Waals surface area contributed by atoms with Gasteiger partial charge < -0.3 is 9.80 Å². The van der Waals surface area contributed by atoms with Gasteiger partial charge in [-0.2, -0.15) is 0 Å². The fourth-order valence-electron chi connectivity index (χ4n) is 3.04. The van der Waals surface area contributed by atoms with Crippen molar-refractivity contribution in [1.82, 2.24) is 14.9 Å². The molecule has 5 heteroatoms. The van der Waals surface area contributed by atoms with E-state index in [2.05, 4.69) is 14.9 Å². The highest BCUT2D eigenvalue weighted by Crippen LogP contribution is 2.17. The number of fused-ring (bicyclic) bond motifs is 1. The molecule has 1 aliphatic rings. The van der Waals surface area contributed by atoms with Crippen molar-refractivity contribution in [3.05, 3.63) is 66.6 Å². The van der Waals surface area contributed by atoms with Crippen LogP contribution in [0.15, 0.2) is 60.9 Å². The first-order chi connectivity index (χ1) is 11.8. The van der Waals surface area contributed by atoms with Crippen molar-refractivity contribution in [2.75, 3.05) is 31.1 Å². The number of hydrogen-bond donors (Lipinski definition) is 0. The molecule has 3 aromatic rings. The lowest BCUT2D eigenvalue weighted by Crippen LogP contribution is -2.49. The highest BCUT2D eigenvalue weighted by molar-refractivity contribution is 5.96. The van der Waals surface area contributed by atoms with E-state index in [0.29, 0.717) is 18.8 Å². The van der Waals surface area contributed by atoms with Crippen LogP contribution >= 0.6 is 0 Å². The first kappa shape index (κ1) is 14.6. The first-order valence-electron chi connectivity index (χ1n) is 8.11. The molecule has 4 rings (SSSR count). The zero-order valence-corrected chi connectivity index (χ0v) is 13.3. The Morgan fingerprint density at radius 3 is 2.38 bits per heavy atom. The van der Waals surface area contributed by atoms with Gasteiger partial charge in [0.1, 0.15) is 11.5 Å². The van der Waals surface area contributed by atoms with Crippen molar-refractivity contribution in [3.8, 4) is 0 Å². The number of rotatable bonds is 2. The summed E-state index contributed by atoms with van der Waals surface area (Å²) in [6, 6.07) is 15.7. The zero-order valence-electron chi connectivity index (χ0n) is 13.3. The molecule has 120 valence electrons. The molecule has 0 spiro atoms. The largest absolute Gasteiger partial charge is 0.353 e. The Morgan fingerprint density at radius 1 is 0.875 bits per heavy atom. The minimum absolute atomic E-state index is 0.00132. The first-order valence-corrected chi connectivity index (χ1v) is 8.11. The van der Waals surface area contributed by atoms with Crippen LogP contribution in [0.2, 0.25) is 0 Å². The molecular formula is C19H18N4O. The number of carbonyl (C=O) groups excluding carboxylic acids is 1. The Balaban J connectivity index is 1.47. The summed E-state index contributed by atoms with van der Waals surface area (Å²) in [6.07, 6.45) is 3.57. The number of anilines is 1. The number of carbonyl (C=O) groups is 1. The molecule has 0 atom stereocenters. The molecule has 2 aromatic heterocycles. The van der Waals surface area contributed by atoms with Crippen molar-refractivity contribution in [2.45, 2.75) is 0 Å². The average molecular weight is 318 g/mol. The van der Waals surface area contributed by atoms with Crippen molar-refractivity contribution in [2.24, 2.45) is 0 Å². The maximum Gasteiger partial charge on any atom is 0.272 e. The number of pyridine rings is 2. The van der Waals surface area contributed by atoms with Crippen LogP contribution in [-0.4, -0.2) is 47.0 Å². The van der Waals surface area contributed by atoms with Crippen LogP contribution in [0.5, 0.6) is 0 Å². The van der Waals surface area contributed by atoms with Crippen LogP contribution in [0.25, 0.3) is 10.8 Å². The zero-order chi connectivity index (χ0) is 16.4. The summed E-state index contributed by atoms with van der Waals surface area (Å²) in [7, 11) is 0. The maximum absolute atomic E-state index is 12.7. The normalized spacial score (nSPS) is 14.8. The number of hydrogen-bond acceptors (Lipinski definition) is 4. The number of nitrogens with zero attached hydrogens (tertiary/aromatic N) is 4. The van der Waals surface area contributed by atoms with Gasteiger partial charge in [0.15, 0.2) is 0 Å². The molecule has 0 aliphatic carbocycles. The summed E-state index contributed by atoms with van der Waals surface area (Å²) in [5.41, 5.74) is 0.514. The van der Waals surface area contributed by atoms with Gasteiger partial charge >= 0.3 is 0 Å². The molecule has 5 nitrogen and oxygen atoms in total. The monoisotopic (exact) mass is 318 g/mol. The van der Waals surface area contributed by atoms with Gasteiger partial charge in [0.05, 0.1) is 0 Å². The van der Waals surface area contributed by atoms with Crippen LogP contribution in [-0.2, 0) is 0 Å². The van der Waals surface area contributed by atoms with Gasteiger partial charge in [-0.15, -0.1) is 0 Å². The molecule has 24 heavy (non-hydrogen) atoms. The summed E-state index contributed by atoms with van der Waals surface area (Å²) in [4.78, 5) is 25.5. The van der Waals surface area contributed by atoms with E-state index >= 15 is 0 Å². The average Bonchev–Trinajstić information content (AvgIpc) is 2.68. The molecule has 1 aromatic carbocycles. The lowest BCUT2D eigenvalue weighted by molar-refractivity contribution is 0.0741. The second-order valence-electron chi connectivity index (χ2n) is 5.88. The quantitative estimate of drug-likeness (QED) is 0.729. The van der Waals surface area contributed by atoms with E-state index in [4.69, 9.17) is 0 Å². The van der Waals surface area contributed by atoms with Crippen LogP contribution in [0.1, 0.15) is 10.5 Å². The highest BCUT2D eigenvalue weighted by Gasteiger charge is 2.23. The van der Waals surface area contributed by atoms with Gasteiger partial charge in [-0.25, -0.2) is 4.98 Å². The van der Waals surface area contributed by atoms with Crippen molar-refractivity contribution in [3.63, 3.8) is 0 Å². The third kappa shape index (κ3) is 2.80. The van der Waals surface area contributed by atoms with Gasteiger partial charge in [0.25, 0.3) is 5.91 Å². The molecule has 3 heterocycles. The lowest BCUT2D eigenvalue weighted by atomic mass is 10.1. The van der Waals surface area contributed by atoms with Crippen LogP contribution in [0, 0.1) is 0 Å². The Morgan fingerprint density at radius 2 is 1.62 bits per heavy atom. The second-order valence-corrected chi connectivity index (χ2v) is 5.88. The van der Waals surface area contributed by atoms with E-state index in [9.17, 15) is 4.79 Å². The molecule has 1 fully saturated rings. The molecule has 0 saturated carbocycles.